The van der Waals surface area contributed by atoms with Crippen LogP contribution in [0.25, 0.3) is 0 Å². The van der Waals surface area contributed by atoms with Crippen LogP contribution in [0, 0.1) is 5.92 Å². The van der Waals surface area contributed by atoms with Crippen molar-refractivity contribution in [2.45, 2.75) is 84.6 Å². The molecule has 2 aliphatic rings. The fourth-order valence-corrected chi connectivity index (χ4v) is 3.49. The van der Waals surface area contributed by atoms with E-state index in [9.17, 15) is 0 Å². The highest BCUT2D eigenvalue weighted by Gasteiger charge is 2.25. The molecule has 0 N–H and O–H groups in total. The van der Waals surface area contributed by atoms with Crippen LogP contribution in [0.15, 0.2) is 0 Å². The molecule has 0 aromatic carbocycles. The normalized spacial score (nSPS) is 30.5. The summed E-state index contributed by atoms with van der Waals surface area (Å²) in [7, 11) is 0. The van der Waals surface area contributed by atoms with Crippen molar-refractivity contribution in [3.8, 4) is 0 Å². The molecule has 1 heteroatoms. The van der Waals surface area contributed by atoms with Crippen molar-refractivity contribution in [3.63, 3.8) is 0 Å². The minimum Gasteiger partial charge on any atom is -0.300 e. The molecule has 0 spiro atoms. The summed E-state index contributed by atoms with van der Waals surface area (Å²) in [6, 6.07) is 0.957. The van der Waals surface area contributed by atoms with E-state index in [1.54, 1.807) is 0 Å². The van der Waals surface area contributed by atoms with Gasteiger partial charge in [-0.1, -0.05) is 40.0 Å². The number of piperidine rings is 1. The van der Waals surface area contributed by atoms with E-state index in [0.717, 1.165) is 12.0 Å². The predicted octanol–water partition coefficient (Wildman–Crippen LogP) is 4.86. The van der Waals surface area contributed by atoms with Gasteiger partial charge < -0.3 is 4.90 Å². The molecule has 1 heterocycles. The predicted molar refractivity (Wildman–Crippen MR) is 77.4 cm³/mol. The average molecular weight is 239 g/mol. The smallest absolute Gasteiger partial charge is 0.00954 e. The molecule has 1 nitrogen and oxygen atoms in total. The Bertz CT molecular complexity index is 164. The third-order valence-corrected chi connectivity index (χ3v) is 4.42. The number of hydrogen-bond acceptors (Lipinski definition) is 1. The van der Waals surface area contributed by atoms with Crippen molar-refractivity contribution in [1.82, 2.24) is 4.90 Å². The molecule has 17 heavy (non-hydrogen) atoms. The second kappa shape index (κ2) is 8.97. The monoisotopic (exact) mass is 239 g/mol. The Morgan fingerprint density at radius 1 is 0.882 bits per heavy atom. The first kappa shape index (κ1) is 15.0. The molecule has 2 fully saturated rings. The van der Waals surface area contributed by atoms with Gasteiger partial charge in [0.05, 0.1) is 0 Å². The molecule has 0 bridgehead atoms. The van der Waals surface area contributed by atoms with Crippen molar-refractivity contribution in [1.29, 1.82) is 0 Å². The van der Waals surface area contributed by atoms with Gasteiger partial charge in [0.15, 0.2) is 0 Å². The van der Waals surface area contributed by atoms with Gasteiger partial charge in [0, 0.05) is 6.04 Å². The quantitative estimate of drug-likeness (QED) is 0.680. The highest BCUT2D eigenvalue weighted by Crippen LogP contribution is 2.31. The van der Waals surface area contributed by atoms with Gasteiger partial charge >= 0.3 is 0 Å². The van der Waals surface area contributed by atoms with Crippen LogP contribution in [-0.4, -0.2) is 24.0 Å². The third kappa shape index (κ3) is 4.99. The summed E-state index contributed by atoms with van der Waals surface area (Å²) >= 11 is 0. The van der Waals surface area contributed by atoms with Gasteiger partial charge in [-0.05, 0) is 57.5 Å². The molecule has 2 rings (SSSR count). The van der Waals surface area contributed by atoms with E-state index in [1.807, 2.05) is 13.8 Å². The zero-order chi connectivity index (χ0) is 12.5. The second-order valence-corrected chi connectivity index (χ2v) is 5.56. The molecule has 0 unspecified atom stereocenters. The number of hydrogen-bond donors (Lipinski definition) is 0. The SMILES string of the molecule is CC.CCCC1CCC(N2CCCCC2)CC1. The first-order chi connectivity index (χ1) is 8.40. The molecular formula is C16H33N. The first-order valence-corrected chi connectivity index (χ1v) is 8.14. The van der Waals surface area contributed by atoms with Gasteiger partial charge in [0.25, 0.3) is 0 Å². The zero-order valence-electron chi connectivity index (χ0n) is 12.4. The minimum atomic E-state index is 0.957. The summed E-state index contributed by atoms with van der Waals surface area (Å²) in [5.41, 5.74) is 0. The van der Waals surface area contributed by atoms with Crippen LogP contribution in [0.4, 0.5) is 0 Å². The minimum absolute atomic E-state index is 0.957. The van der Waals surface area contributed by atoms with Crippen LogP contribution in [-0.2, 0) is 0 Å². The number of rotatable bonds is 3. The summed E-state index contributed by atoms with van der Waals surface area (Å²) in [5, 5.41) is 0. The number of nitrogens with zero attached hydrogens (tertiary/aromatic N) is 1. The molecule has 0 amide bonds. The molecule has 0 radical (unpaired) electrons. The van der Waals surface area contributed by atoms with Crippen LogP contribution in [0.1, 0.15) is 78.6 Å². The van der Waals surface area contributed by atoms with Crippen molar-refractivity contribution in [2.24, 2.45) is 5.92 Å². The van der Waals surface area contributed by atoms with E-state index in [1.165, 1.54) is 70.9 Å². The van der Waals surface area contributed by atoms with E-state index in [4.69, 9.17) is 0 Å². The van der Waals surface area contributed by atoms with Gasteiger partial charge in [0.2, 0.25) is 0 Å². The lowest BCUT2D eigenvalue weighted by atomic mass is 9.82. The Kier molecular flexibility index (Phi) is 7.92. The lowest BCUT2D eigenvalue weighted by Gasteiger charge is -2.38. The molecule has 1 aliphatic carbocycles. The first-order valence-electron chi connectivity index (χ1n) is 8.14. The van der Waals surface area contributed by atoms with Crippen LogP contribution in [0.3, 0.4) is 0 Å². The van der Waals surface area contributed by atoms with Gasteiger partial charge in [0.1, 0.15) is 0 Å². The van der Waals surface area contributed by atoms with Crippen molar-refractivity contribution >= 4 is 0 Å². The Morgan fingerprint density at radius 2 is 1.47 bits per heavy atom. The van der Waals surface area contributed by atoms with E-state index in [2.05, 4.69) is 11.8 Å². The van der Waals surface area contributed by atoms with Crippen LogP contribution in [0.2, 0.25) is 0 Å². The molecule has 1 aliphatic heterocycles. The Labute approximate surface area is 109 Å². The van der Waals surface area contributed by atoms with Gasteiger partial charge in [-0.15, -0.1) is 0 Å². The van der Waals surface area contributed by atoms with Gasteiger partial charge in [-0.25, -0.2) is 0 Å². The topological polar surface area (TPSA) is 3.24 Å². The molecule has 1 saturated carbocycles. The molecular weight excluding hydrogens is 206 g/mol. The molecule has 102 valence electrons. The summed E-state index contributed by atoms with van der Waals surface area (Å²) in [6.45, 7) is 9.11. The highest BCUT2D eigenvalue weighted by molar-refractivity contribution is 4.81. The van der Waals surface area contributed by atoms with E-state index >= 15 is 0 Å². The fourth-order valence-electron chi connectivity index (χ4n) is 3.49. The maximum Gasteiger partial charge on any atom is 0.00954 e. The molecule has 0 atom stereocenters. The van der Waals surface area contributed by atoms with Gasteiger partial charge in [-0.3, -0.25) is 0 Å². The summed E-state index contributed by atoms with van der Waals surface area (Å²) in [4.78, 5) is 2.78. The van der Waals surface area contributed by atoms with Gasteiger partial charge in [-0.2, -0.15) is 0 Å². The highest BCUT2D eigenvalue weighted by atomic mass is 15.2. The number of likely N-dealkylation sites (tertiary alicyclic amines) is 1. The summed E-state index contributed by atoms with van der Waals surface area (Å²) in [5.74, 6) is 1.07. The van der Waals surface area contributed by atoms with Crippen LogP contribution < -0.4 is 0 Å². The van der Waals surface area contributed by atoms with E-state index < -0.39 is 0 Å². The Balaban J connectivity index is 0.000000686. The lowest BCUT2D eigenvalue weighted by Crippen LogP contribution is -2.41. The average Bonchev–Trinajstić information content (AvgIpc) is 2.43. The summed E-state index contributed by atoms with van der Waals surface area (Å²) < 4.78 is 0. The maximum absolute atomic E-state index is 2.78. The standard InChI is InChI=1S/C14H27N.C2H6/c1-2-6-13-7-9-14(10-8-13)15-11-4-3-5-12-15;1-2/h13-14H,2-12H2,1H3;1-2H3. The van der Waals surface area contributed by atoms with Crippen molar-refractivity contribution in [2.75, 3.05) is 13.1 Å². The maximum atomic E-state index is 2.78. The largest absolute Gasteiger partial charge is 0.300 e. The van der Waals surface area contributed by atoms with Crippen molar-refractivity contribution in [3.05, 3.63) is 0 Å². The van der Waals surface area contributed by atoms with E-state index in [0.29, 0.717) is 0 Å². The lowest BCUT2D eigenvalue weighted by molar-refractivity contribution is 0.113. The Hall–Kier alpha value is -0.0400. The fraction of sp³-hybridized carbons (Fsp3) is 1.00. The molecule has 1 saturated heterocycles. The third-order valence-electron chi connectivity index (χ3n) is 4.42. The second-order valence-electron chi connectivity index (χ2n) is 5.56. The van der Waals surface area contributed by atoms with Crippen molar-refractivity contribution < 1.29 is 0 Å². The molecule has 0 aromatic heterocycles. The zero-order valence-corrected chi connectivity index (χ0v) is 12.4. The molecule has 0 aromatic rings. The van der Waals surface area contributed by atoms with E-state index in [-0.39, 0.29) is 0 Å². The van der Waals surface area contributed by atoms with Crippen LogP contribution in [0.5, 0.6) is 0 Å². The Morgan fingerprint density at radius 3 is 2.00 bits per heavy atom. The van der Waals surface area contributed by atoms with Crippen LogP contribution >= 0.6 is 0 Å². The summed E-state index contributed by atoms with van der Waals surface area (Å²) in [6.07, 6.45) is 13.2.